The first-order chi connectivity index (χ1) is 7.00. The number of hydrogen-bond donors (Lipinski definition) is 2. The second-order valence-corrected chi connectivity index (χ2v) is 3.90. The van der Waals surface area contributed by atoms with Crippen LogP contribution in [-0.4, -0.2) is 11.7 Å². The van der Waals surface area contributed by atoms with Gasteiger partial charge < -0.3 is 5.73 Å². The summed E-state index contributed by atoms with van der Waals surface area (Å²) in [5, 5.41) is 3.98. The maximum atomic E-state index is 10.5. The van der Waals surface area contributed by atoms with E-state index in [1.165, 1.54) is 0 Å². The van der Waals surface area contributed by atoms with E-state index in [0.717, 1.165) is 29.7 Å². The Morgan fingerprint density at radius 1 is 1.73 bits per heavy atom. The molecule has 0 spiro atoms. The molecule has 0 bridgehead atoms. The van der Waals surface area contributed by atoms with Crippen LogP contribution in [0.2, 0.25) is 0 Å². The highest BCUT2D eigenvalue weighted by Crippen LogP contribution is 2.26. The van der Waals surface area contributed by atoms with Gasteiger partial charge in [0.2, 0.25) is 0 Å². The molecule has 0 fully saturated rings. The SMILES string of the molecule is C=C(C)C1CC=C(C)/C(=N/NC(N)=O)C1. The van der Waals surface area contributed by atoms with Gasteiger partial charge in [-0.25, -0.2) is 10.2 Å². The average molecular weight is 207 g/mol. The Hall–Kier alpha value is -1.58. The van der Waals surface area contributed by atoms with E-state index in [1.54, 1.807) is 0 Å². The zero-order valence-corrected chi connectivity index (χ0v) is 9.21. The van der Waals surface area contributed by atoms with Gasteiger partial charge in [-0.1, -0.05) is 18.2 Å². The molecule has 0 aromatic carbocycles. The molecule has 1 aliphatic rings. The zero-order chi connectivity index (χ0) is 11.4. The fraction of sp³-hybridized carbons (Fsp3) is 0.455. The summed E-state index contributed by atoms with van der Waals surface area (Å²) in [5.41, 5.74) is 10.3. The Labute approximate surface area is 89.9 Å². The predicted octanol–water partition coefficient (Wildman–Crippen LogP) is 1.94. The summed E-state index contributed by atoms with van der Waals surface area (Å²) in [6, 6.07) is -0.632. The highest BCUT2D eigenvalue weighted by molar-refractivity contribution is 6.01. The highest BCUT2D eigenvalue weighted by Gasteiger charge is 2.18. The number of carbonyl (C=O) groups excluding carboxylic acids is 1. The molecule has 2 amide bonds. The van der Waals surface area contributed by atoms with Gasteiger partial charge in [0, 0.05) is 0 Å². The lowest BCUT2D eigenvalue weighted by molar-refractivity contribution is 0.249. The molecule has 3 N–H and O–H groups in total. The number of carbonyl (C=O) groups is 1. The number of rotatable bonds is 2. The molecule has 0 saturated heterocycles. The van der Waals surface area contributed by atoms with Crippen LogP contribution in [0.5, 0.6) is 0 Å². The fourth-order valence-electron chi connectivity index (χ4n) is 1.55. The smallest absolute Gasteiger partial charge is 0.332 e. The summed E-state index contributed by atoms with van der Waals surface area (Å²) in [5.74, 6) is 0.419. The third-order valence-electron chi connectivity index (χ3n) is 2.60. The minimum atomic E-state index is -0.632. The number of amides is 2. The van der Waals surface area contributed by atoms with Crippen molar-refractivity contribution in [3.05, 3.63) is 23.8 Å². The number of hydrogen-bond acceptors (Lipinski definition) is 2. The van der Waals surface area contributed by atoms with Crippen molar-refractivity contribution in [3.63, 3.8) is 0 Å². The molecule has 4 nitrogen and oxygen atoms in total. The molecular weight excluding hydrogens is 190 g/mol. The number of nitrogens with zero attached hydrogens (tertiary/aromatic N) is 1. The molecule has 15 heavy (non-hydrogen) atoms. The van der Waals surface area contributed by atoms with Crippen molar-refractivity contribution in [1.82, 2.24) is 5.43 Å². The fourth-order valence-corrected chi connectivity index (χ4v) is 1.55. The first kappa shape index (κ1) is 11.5. The van der Waals surface area contributed by atoms with Crippen LogP contribution >= 0.6 is 0 Å². The first-order valence-electron chi connectivity index (χ1n) is 4.95. The van der Waals surface area contributed by atoms with Crippen molar-refractivity contribution >= 4 is 11.7 Å². The number of primary amides is 1. The summed E-state index contributed by atoms with van der Waals surface area (Å²) in [7, 11) is 0. The second-order valence-electron chi connectivity index (χ2n) is 3.90. The molecule has 0 radical (unpaired) electrons. The van der Waals surface area contributed by atoms with Gasteiger partial charge in [0.05, 0.1) is 5.71 Å². The molecule has 4 heteroatoms. The quantitative estimate of drug-likeness (QED) is 0.527. The van der Waals surface area contributed by atoms with Gasteiger partial charge in [-0.3, -0.25) is 0 Å². The van der Waals surface area contributed by atoms with Gasteiger partial charge in [0.25, 0.3) is 0 Å². The second kappa shape index (κ2) is 4.77. The van der Waals surface area contributed by atoms with Crippen molar-refractivity contribution in [2.75, 3.05) is 0 Å². The van der Waals surface area contributed by atoms with Crippen molar-refractivity contribution < 1.29 is 4.79 Å². The van der Waals surface area contributed by atoms with E-state index >= 15 is 0 Å². The van der Waals surface area contributed by atoms with Crippen molar-refractivity contribution in [2.24, 2.45) is 16.8 Å². The Bertz CT molecular complexity index is 342. The minimum Gasteiger partial charge on any atom is -0.350 e. The van der Waals surface area contributed by atoms with E-state index < -0.39 is 6.03 Å². The Kier molecular flexibility index (Phi) is 3.66. The van der Waals surface area contributed by atoms with Gasteiger partial charge in [0.15, 0.2) is 0 Å². The van der Waals surface area contributed by atoms with Crippen LogP contribution in [0, 0.1) is 5.92 Å². The molecule has 0 saturated carbocycles. The number of hydrazone groups is 1. The molecular formula is C11H17N3O. The van der Waals surface area contributed by atoms with Gasteiger partial charge in [-0.05, 0) is 38.2 Å². The largest absolute Gasteiger partial charge is 0.350 e. The number of nitrogens with one attached hydrogen (secondary N) is 1. The molecule has 0 aromatic heterocycles. The van der Waals surface area contributed by atoms with Crippen LogP contribution < -0.4 is 11.2 Å². The maximum Gasteiger partial charge on any atom is 0.332 e. The Morgan fingerprint density at radius 2 is 2.40 bits per heavy atom. The van der Waals surface area contributed by atoms with E-state index in [2.05, 4.69) is 23.2 Å². The summed E-state index contributed by atoms with van der Waals surface area (Å²) in [4.78, 5) is 10.5. The first-order valence-corrected chi connectivity index (χ1v) is 4.95. The minimum absolute atomic E-state index is 0.419. The van der Waals surface area contributed by atoms with Gasteiger partial charge in [-0.15, -0.1) is 0 Å². The molecule has 0 heterocycles. The normalized spacial score (nSPS) is 23.5. The van der Waals surface area contributed by atoms with Crippen LogP contribution in [0.15, 0.2) is 28.9 Å². The lowest BCUT2D eigenvalue weighted by Gasteiger charge is -2.22. The van der Waals surface area contributed by atoms with Crippen LogP contribution in [0.1, 0.15) is 26.7 Å². The van der Waals surface area contributed by atoms with Crippen LogP contribution in [0.4, 0.5) is 4.79 Å². The Morgan fingerprint density at radius 3 is 2.93 bits per heavy atom. The van der Waals surface area contributed by atoms with E-state index in [9.17, 15) is 4.79 Å². The third-order valence-corrected chi connectivity index (χ3v) is 2.60. The summed E-state index contributed by atoms with van der Waals surface area (Å²) >= 11 is 0. The van der Waals surface area contributed by atoms with E-state index in [-0.39, 0.29) is 0 Å². The molecule has 1 unspecified atom stereocenters. The molecule has 1 aliphatic carbocycles. The Balaban J connectivity index is 2.75. The van der Waals surface area contributed by atoms with E-state index in [0.29, 0.717) is 5.92 Å². The van der Waals surface area contributed by atoms with Crippen LogP contribution in [0.25, 0.3) is 0 Å². The average Bonchev–Trinajstić information content (AvgIpc) is 2.16. The lowest BCUT2D eigenvalue weighted by atomic mass is 9.85. The lowest BCUT2D eigenvalue weighted by Crippen LogP contribution is -2.27. The van der Waals surface area contributed by atoms with Crippen LogP contribution in [0.3, 0.4) is 0 Å². The number of allylic oxidation sites excluding steroid dienone is 3. The van der Waals surface area contributed by atoms with Crippen molar-refractivity contribution in [3.8, 4) is 0 Å². The number of urea groups is 1. The van der Waals surface area contributed by atoms with E-state index in [1.807, 2.05) is 13.8 Å². The summed E-state index contributed by atoms with van der Waals surface area (Å²) in [6.07, 6.45) is 3.93. The zero-order valence-electron chi connectivity index (χ0n) is 9.21. The monoisotopic (exact) mass is 207 g/mol. The summed E-state index contributed by atoms with van der Waals surface area (Å²) in [6.45, 7) is 7.93. The van der Waals surface area contributed by atoms with E-state index in [4.69, 9.17) is 5.73 Å². The van der Waals surface area contributed by atoms with Crippen molar-refractivity contribution in [1.29, 1.82) is 0 Å². The number of nitrogens with two attached hydrogens (primary N) is 1. The van der Waals surface area contributed by atoms with Crippen LogP contribution in [-0.2, 0) is 0 Å². The molecule has 1 atom stereocenters. The predicted molar refractivity (Wildman–Crippen MR) is 61.4 cm³/mol. The molecule has 82 valence electrons. The third kappa shape index (κ3) is 3.23. The van der Waals surface area contributed by atoms with Crippen molar-refractivity contribution in [2.45, 2.75) is 26.7 Å². The van der Waals surface area contributed by atoms with Gasteiger partial charge in [-0.2, -0.15) is 5.10 Å². The standard InChI is InChI=1S/C11H17N3O/c1-7(2)9-5-4-8(3)10(6-9)13-14-11(12)15/h4,9H,1,5-6H2,2-3H3,(H3,12,14,15)/b13-10+. The maximum absolute atomic E-state index is 10.5. The molecule has 0 aliphatic heterocycles. The molecule has 1 rings (SSSR count). The van der Waals surface area contributed by atoms with Gasteiger partial charge >= 0.3 is 6.03 Å². The highest BCUT2D eigenvalue weighted by atomic mass is 16.2. The molecule has 0 aromatic rings. The van der Waals surface area contributed by atoms with Gasteiger partial charge in [0.1, 0.15) is 0 Å². The topological polar surface area (TPSA) is 67.5 Å². The summed E-state index contributed by atoms with van der Waals surface area (Å²) < 4.78 is 0.